The number of aromatic nitrogens is 1. The molecule has 0 saturated carbocycles. The van der Waals surface area contributed by atoms with Crippen molar-refractivity contribution in [2.75, 3.05) is 7.11 Å². The van der Waals surface area contributed by atoms with Gasteiger partial charge in [0.1, 0.15) is 5.75 Å². The first-order chi connectivity index (χ1) is 7.63. The van der Waals surface area contributed by atoms with Gasteiger partial charge in [0.05, 0.1) is 12.7 Å². The predicted molar refractivity (Wildman–Crippen MR) is 56.8 cm³/mol. The van der Waals surface area contributed by atoms with E-state index in [0.717, 1.165) is 0 Å². The number of aliphatic carboxylic acids is 1. The second-order valence-electron chi connectivity index (χ2n) is 3.25. The van der Waals surface area contributed by atoms with Gasteiger partial charge < -0.3 is 14.8 Å². The van der Waals surface area contributed by atoms with Crippen LogP contribution in [0, 0.1) is 0 Å². The van der Waals surface area contributed by atoms with Crippen molar-refractivity contribution in [3.05, 3.63) is 30.0 Å². The Kier molecular flexibility index (Phi) is 2.36. The monoisotopic (exact) mass is 219 g/mol. The molecule has 82 valence electrons. The van der Waals surface area contributed by atoms with E-state index < -0.39 is 11.8 Å². The van der Waals surface area contributed by atoms with Crippen LogP contribution in [-0.2, 0) is 4.79 Å². The summed E-state index contributed by atoms with van der Waals surface area (Å²) in [5.41, 5.74) is 0.840. The standard InChI is InChI=1S/C11H9NO4/c1-16-6-2-3-9-7(4-6)8(5-12-9)10(13)11(14)15/h2-5,12H,1H3,(H,14,15). The topological polar surface area (TPSA) is 79.4 Å². The van der Waals surface area contributed by atoms with Crippen molar-refractivity contribution in [2.24, 2.45) is 0 Å². The van der Waals surface area contributed by atoms with Crippen LogP contribution in [0.25, 0.3) is 10.9 Å². The number of aromatic amines is 1. The van der Waals surface area contributed by atoms with E-state index in [-0.39, 0.29) is 5.56 Å². The minimum absolute atomic E-state index is 0.140. The minimum Gasteiger partial charge on any atom is -0.497 e. The zero-order chi connectivity index (χ0) is 11.7. The lowest BCUT2D eigenvalue weighted by molar-refractivity contribution is -0.131. The Labute approximate surface area is 90.6 Å². The fraction of sp³-hybridized carbons (Fsp3) is 0.0909. The summed E-state index contributed by atoms with van der Waals surface area (Å²) < 4.78 is 5.01. The predicted octanol–water partition coefficient (Wildman–Crippen LogP) is 1.44. The highest BCUT2D eigenvalue weighted by Crippen LogP contribution is 2.23. The molecule has 0 fully saturated rings. The number of carboxylic acid groups (broad SMARTS) is 1. The highest BCUT2D eigenvalue weighted by atomic mass is 16.5. The molecule has 5 heteroatoms. The van der Waals surface area contributed by atoms with Crippen molar-refractivity contribution in [3.8, 4) is 5.75 Å². The van der Waals surface area contributed by atoms with Gasteiger partial charge in [-0.3, -0.25) is 4.79 Å². The molecule has 0 aliphatic carbocycles. The number of carbonyl (C=O) groups is 2. The molecule has 0 bridgehead atoms. The summed E-state index contributed by atoms with van der Waals surface area (Å²) in [7, 11) is 1.51. The first kappa shape index (κ1) is 10.2. The lowest BCUT2D eigenvalue weighted by Gasteiger charge is -1.99. The number of hydrogen-bond donors (Lipinski definition) is 2. The molecular weight excluding hydrogens is 210 g/mol. The van der Waals surface area contributed by atoms with Gasteiger partial charge in [0.15, 0.2) is 0 Å². The summed E-state index contributed by atoms with van der Waals surface area (Å²) in [6, 6.07) is 5.09. The summed E-state index contributed by atoms with van der Waals surface area (Å²) in [4.78, 5) is 24.8. The van der Waals surface area contributed by atoms with Gasteiger partial charge in [0.25, 0.3) is 5.78 Å². The van der Waals surface area contributed by atoms with Crippen molar-refractivity contribution in [1.29, 1.82) is 0 Å². The molecular formula is C11H9NO4. The fourth-order valence-corrected chi connectivity index (χ4v) is 1.53. The molecule has 1 aromatic heterocycles. The Morgan fingerprint density at radius 3 is 2.75 bits per heavy atom. The molecule has 0 radical (unpaired) electrons. The van der Waals surface area contributed by atoms with E-state index in [1.54, 1.807) is 18.2 Å². The van der Waals surface area contributed by atoms with Crippen LogP contribution in [0.5, 0.6) is 5.75 Å². The van der Waals surface area contributed by atoms with Crippen molar-refractivity contribution in [2.45, 2.75) is 0 Å². The van der Waals surface area contributed by atoms with Gasteiger partial charge in [-0.25, -0.2) is 4.79 Å². The zero-order valence-corrected chi connectivity index (χ0v) is 8.48. The molecule has 0 amide bonds. The smallest absolute Gasteiger partial charge is 0.377 e. The molecule has 0 saturated heterocycles. The van der Waals surface area contributed by atoms with Gasteiger partial charge in [-0.1, -0.05) is 0 Å². The average molecular weight is 219 g/mol. The molecule has 2 rings (SSSR count). The van der Waals surface area contributed by atoms with Gasteiger partial charge >= 0.3 is 5.97 Å². The maximum atomic E-state index is 11.4. The second-order valence-corrected chi connectivity index (χ2v) is 3.25. The SMILES string of the molecule is COc1ccc2[nH]cc(C(=O)C(=O)O)c2c1. The van der Waals surface area contributed by atoms with Gasteiger partial charge in [-0.2, -0.15) is 0 Å². The van der Waals surface area contributed by atoms with Crippen molar-refractivity contribution in [1.82, 2.24) is 4.98 Å². The van der Waals surface area contributed by atoms with Gasteiger partial charge in [0, 0.05) is 17.1 Å². The first-order valence-corrected chi connectivity index (χ1v) is 4.56. The van der Waals surface area contributed by atoms with Gasteiger partial charge in [-0.15, -0.1) is 0 Å². The van der Waals surface area contributed by atoms with Crippen molar-refractivity contribution < 1.29 is 19.4 Å². The maximum absolute atomic E-state index is 11.4. The summed E-state index contributed by atoms with van der Waals surface area (Å²) in [6.07, 6.45) is 1.39. The van der Waals surface area contributed by atoms with Crippen molar-refractivity contribution >= 4 is 22.7 Å². The molecule has 0 spiro atoms. The largest absolute Gasteiger partial charge is 0.497 e. The van der Waals surface area contributed by atoms with E-state index in [4.69, 9.17) is 9.84 Å². The Morgan fingerprint density at radius 1 is 1.38 bits per heavy atom. The summed E-state index contributed by atoms with van der Waals surface area (Å²) in [6.45, 7) is 0. The summed E-state index contributed by atoms with van der Waals surface area (Å²) >= 11 is 0. The third kappa shape index (κ3) is 1.52. The fourth-order valence-electron chi connectivity index (χ4n) is 1.53. The number of benzene rings is 1. The maximum Gasteiger partial charge on any atom is 0.377 e. The highest BCUT2D eigenvalue weighted by molar-refractivity contribution is 6.42. The molecule has 16 heavy (non-hydrogen) atoms. The number of fused-ring (bicyclic) bond motifs is 1. The van der Waals surface area contributed by atoms with Crippen LogP contribution < -0.4 is 4.74 Å². The van der Waals surface area contributed by atoms with E-state index in [9.17, 15) is 9.59 Å². The Bertz CT molecular complexity index is 570. The molecule has 0 aliphatic heterocycles. The van der Waals surface area contributed by atoms with Crippen LogP contribution in [-0.4, -0.2) is 29.0 Å². The molecule has 2 aromatic rings. The Hall–Kier alpha value is -2.30. The normalized spacial score (nSPS) is 10.3. The van der Waals surface area contributed by atoms with Crippen LogP contribution >= 0.6 is 0 Å². The Balaban J connectivity index is 2.62. The van der Waals surface area contributed by atoms with E-state index in [1.807, 2.05) is 0 Å². The number of methoxy groups -OCH3 is 1. The molecule has 0 unspecified atom stereocenters. The number of carbonyl (C=O) groups excluding carboxylic acids is 1. The number of hydrogen-bond acceptors (Lipinski definition) is 3. The molecule has 2 N–H and O–H groups in total. The minimum atomic E-state index is -1.47. The van der Waals surface area contributed by atoms with Gasteiger partial charge in [-0.05, 0) is 18.2 Å². The van der Waals surface area contributed by atoms with Crippen LogP contribution in [0.4, 0.5) is 0 Å². The van der Waals surface area contributed by atoms with E-state index in [2.05, 4.69) is 4.98 Å². The van der Waals surface area contributed by atoms with Crippen LogP contribution in [0.2, 0.25) is 0 Å². The van der Waals surface area contributed by atoms with Crippen LogP contribution in [0.15, 0.2) is 24.4 Å². The average Bonchev–Trinajstić information content (AvgIpc) is 2.70. The highest BCUT2D eigenvalue weighted by Gasteiger charge is 2.18. The summed E-state index contributed by atoms with van der Waals surface area (Å²) in [5.74, 6) is -1.82. The van der Waals surface area contributed by atoms with E-state index in [0.29, 0.717) is 16.7 Å². The third-order valence-corrected chi connectivity index (χ3v) is 2.33. The Morgan fingerprint density at radius 2 is 2.12 bits per heavy atom. The molecule has 1 aromatic carbocycles. The first-order valence-electron chi connectivity index (χ1n) is 4.56. The number of rotatable bonds is 3. The lowest BCUT2D eigenvalue weighted by Crippen LogP contribution is -2.11. The number of nitrogens with one attached hydrogen (secondary N) is 1. The molecule has 5 nitrogen and oxygen atoms in total. The zero-order valence-electron chi connectivity index (χ0n) is 8.48. The van der Waals surface area contributed by atoms with Crippen LogP contribution in [0.1, 0.15) is 10.4 Å². The number of carboxylic acids is 1. The molecule has 0 atom stereocenters. The molecule has 0 aliphatic rings. The second kappa shape index (κ2) is 3.69. The lowest BCUT2D eigenvalue weighted by atomic mass is 10.1. The number of Topliss-reactive ketones (excluding diaryl/α,β-unsaturated/α-hetero) is 1. The number of ether oxygens (including phenoxy) is 1. The van der Waals surface area contributed by atoms with E-state index >= 15 is 0 Å². The number of ketones is 1. The quantitative estimate of drug-likeness (QED) is 0.604. The number of H-pyrrole nitrogens is 1. The summed E-state index contributed by atoms with van der Waals surface area (Å²) in [5, 5.41) is 9.19. The van der Waals surface area contributed by atoms with Gasteiger partial charge in [0.2, 0.25) is 0 Å². The van der Waals surface area contributed by atoms with E-state index in [1.165, 1.54) is 13.3 Å². The van der Waals surface area contributed by atoms with Crippen LogP contribution in [0.3, 0.4) is 0 Å². The van der Waals surface area contributed by atoms with Crippen molar-refractivity contribution in [3.63, 3.8) is 0 Å². The molecule has 1 heterocycles. The third-order valence-electron chi connectivity index (χ3n) is 2.33.